The lowest BCUT2D eigenvalue weighted by molar-refractivity contribution is 0.768. The van der Waals surface area contributed by atoms with Crippen molar-refractivity contribution in [1.82, 2.24) is 15.0 Å². The van der Waals surface area contributed by atoms with Gasteiger partial charge in [0.05, 0.1) is 12.5 Å². The van der Waals surface area contributed by atoms with E-state index in [0.717, 1.165) is 16.9 Å². The van der Waals surface area contributed by atoms with Crippen LogP contribution in [-0.2, 0) is 6.54 Å². The van der Waals surface area contributed by atoms with E-state index in [-0.39, 0.29) is 0 Å². The van der Waals surface area contributed by atoms with E-state index in [9.17, 15) is 0 Å². The molecular formula is C15H16ClN5. The molecule has 0 unspecified atom stereocenters. The lowest BCUT2D eigenvalue weighted by Gasteiger charge is -2.24. The number of pyridine rings is 1. The molecule has 0 aliphatic rings. The molecule has 6 heteroatoms. The largest absolute Gasteiger partial charge is 0.351 e. The molecule has 0 saturated heterocycles. The van der Waals surface area contributed by atoms with Gasteiger partial charge in [-0.3, -0.25) is 4.98 Å². The number of nitriles is 1. The van der Waals surface area contributed by atoms with Crippen molar-refractivity contribution in [2.75, 3.05) is 11.4 Å². The summed E-state index contributed by atoms with van der Waals surface area (Å²) in [5.74, 6) is 1.39. The highest BCUT2D eigenvalue weighted by molar-refractivity contribution is 6.30. The second-order valence-corrected chi connectivity index (χ2v) is 5.06. The normalized spacial score (nSPS) is 10.2. The van der Waals surface area contributed by atoms with E-state index in [2.05, 4.69) is 21.0 Å². The van der Waals surface area contributed by atoms with Crippen molar-refractivity contribution in [3.8, 4) is 6.07 Å². The van der Waals surface area contributed by atoms with Crippen molar-refractivity contribution in [3.63, 3.8) is 0 Å². The Morgan fingerprint density at radius 3 is 2.81 bits per heavy atom. The maximum atomic E-state index is 8.86. The molecule has 2 heterocycles. The number of nitrogens with zero attached hydrogens (tertiary/aromatic N) is 5. The molecule has 108 valence electrons. The predicted octanol–water partition coefficient (Wildman–Crippen LogP) is 3.06. The minimum atomic E-state index is 0.417. The molecule has 0 bridgehead atoms. The molecule has 5 nitrogen and oxygen atoms in total. The van der Waals surface area contributed by atoms with Crippen LogP contribution in [0.1, 0.15) is 23.4 Å². The second kappa shape index (κ2) is 7.00. The summed E-state index contributed by atoms with van der Waals surface area (Å²) in [6.07, 6.45) is 3.96. The summed E-state index contributed by atoms with van der Waals surface area (Å²) in [5.41, 5.74) is 1.88. The van der Waals surface area contributed by atoms with Crippen LogP contribution in [0, 0.1) is 25.2 Å². The Morgan fingerprint density at radius 2 is 2.14 bits per heavy atom. The number of aromatic nitrogens is 3. The first-order valence-corrected chi connectivity index (χ1v) is 7.01. The number of hydrogen-bond donors (Lipinski definition) is 0. The number of halogens is 1. The minimum Gasteiger partial charge on any atom is -0.351 e. The van der Waals surface area contributed by atoms with Crippen molar-refractivity contribution < 1.29 is 0 Å². The molecule has 2 aromatic heterocycles. The van der Waals surface area contributed by atoms with Gasteiger partial charge in [-0.05, 0) is 25.5 Å². The highest BCUT2D eigenvalue weighted by atomic mass is 35.5. The van der Waals surface area contributed by atoms with Gasteiger partial charge in [-0.25, -0.2) is 9.97 Å². The molecule has 2 rings (SSSR count). The van der Waals surface area contributed by atoms with Gasteiger partial charge in [0, 0.05) is 31.0 Å². The molecule has 0 aliphatic carbocycles. The maximum Gasteiger partial charge on any atom is 0.137 e. The second-order valence-electron chi connectivity index (χ2n) is 4.70. The predicted molar refractivity (Wildman–Crippen MR) is 82.0 cm³/mol. The van der Waals surface area contributed by atoms with Gasteiger partial charge in [0.2, 0.25) is 0 Å². The van der Waals surface area contributed by atoms with Crippen LogP contribution in [0.2, 0.25) is 5.15 Å². The van der Waals surface area contributed by atoms with Crippen molar-refractivity contribution in [1.29, 1.82) is 5.26 Å². The van der Waals surface area contributed by atoms with E-state index < -0.39 is 0 Å². The number of aryl methyl sites for hydroxylation is 1. The first kappa shape index (κ1) is 15.2. The zero-order chi connectivity index (χ0) is 15.2. The lowest BCUT2D eigenvalue weighted by Crippen LogP contribution is -2.26. The van der Waals surface area contributed by atoms with Gasteiger partial charge in [0.1, 0.15) is 16.8 Å². The number of rotatable bonds is 5. The molecule has 21 heavy (non-hydrogen) atoms. The van der Waals surface area contributed by atoms with Crippen LogP contribution >= 0.6 is 11.6 Å². The van der Waals surface area contributed by atoms with Crippen molar-refractivity contribution in [2.24, 2.45) is 0 Å². The van der Waals surface area contributed by atoms with E-state index in [1.165, 1.54) is 0 Å². The van der Waals surface area contributed by atoms with Gasteiger partial charge in [-0.1, -0.05) is 17.7 Å². The Morgan fingerprint density at radius 1 is 1.33 bits per heavy atom. The molecular weight excluding hydrogens is 286 g/mol. The molecule has 0 spiro atoms. The van der Waals surface area contributed by atoms with Crippen LogP contribution in [-0.4, -0.2) is 21.5 Å². The average Bonchev–Trinajstić information content (AvgIpc) is 2.48. The maximum absolute atomic E-state index is 8.86. The summed E-state index contributed by atoms with van der Waals surface area (Å²) in [4.78, 5) is 14.8. The Bertz CT molecular complexity index is 651. The molecule has 0 N–H and O–H groups in total. The van der Waals surface area contributed by atoms with E-state index >= 15 is 0 Å². The Labute approximate surface area is 129 Å². The van der Waals surface area contributed by atoms with Crippen LogP contribution in [0.25, 0.3) is 0 Å². The van der Waals surface area contributed by atoms with Crippen molar-refractivity contribution >= 4 is 17.4 Å². The summed E-state index contributed by atoms with van der Waals surface area (Å²) in [7, 11) is 0. The Balaban J connectivity index is 2.34. The van der Waals surface area contributed by atoms with Gasteiger partial charge in [-0.2, -0.15) is 5.26 Å². The van der Waals surface area contributed by atoms with Crippen LogP contribution in [0.4, 0.5) is 5.82 Å². The van der Waals surface area contributed by atoms with E-state index in [4.69, 9.17) is 16.9 Å². The molecule has 0 fully saturated rings. The zero-order valence-corrected chi connectivity index (χ0v) is 12.8. The van der Waals surface area contributed by atoms with Crippen molar-refractivity contribution in [2.45, 2.75) is 26.8 Å². The summed E-state index contributed by atoms with van der Waals surface area (Å²) in [6.45, 7) is 4.91. The van der Waals surface area contributed by atoms with Crippen LogP contribution in [0.5, 0.6) is 0 Å². The summed E-state index contributed by atoms with van der Waals surface area (Å²) < 4.78 is 0. The topological polar surface area (TPSA) is 65.7 Å². The molecule has 0 radical (unpaired) electrons. The lowest BCUT2D eigenvalue weighted by atomic mass is 10.2. The van der Waals surface area contributed by atoms with E-state index in [0.29, 0.717) is 30.5 Å². The fourth-order valence-electron chi connectivity index (χ4n) is 2.05. The summed E-state index contributed by atoms with van der Waals surface area (Å²) in [5, 5.41) is 9.31. The van der Waals surface area contributed by atoms with Gasteiger partial charge in [-0.15, -0.1) is 0 Å². The summed E-state index contributed by atoms with van der Waals surface area (Å²) >= 11 is 6.15. The van der Waals surface area contributed by atoms with Crippen LogP contribution in [0.3, 0.4) is 0 Å². The third kappa shape index (κ3) is 3.89. The first-order chi connectivity index (χ1) is 10.1. The fraction of sp³-hybridized carbons (Fsp3) is 0.333. The number of hydrogen-bond acceptors (Lipinski definition) is 5. The van der Waals surface area contributed by atoms with Gasteiger partial charge >= 0.3 is 0 Å². The Hall–Kier alpha value is -2.19. The smallest absolute Gasteiger partial charge is 0.137 e. The molecule has 0 atom stereocenters. The molecule has 2 aromatic rings. The number of anilines is 1. The monoisotopic (exact) mass is 301 g/mol. The molecule has 0 amide bonds. The van der Waals surface area contributed by atoms with E-state index in [1.807, 2.05) is 30.2 Å². The quantitative estimate of drug-likeness (QED) is 0.794. The SMILES string of the molecule is Cc1nc(Cl)c(C)c(N(CCC#N)Cc2cccnc2)n1. The van der Waals surface area contributed by atoms with Gasteiger partial charge in [0.25, 0.3) is 0 Å². The molecule has 0 saturated carbocycles. The third-order valence-corrected chi connectivity index (χ3v) is 3.43. The van der Waals surface area contributed by atoms with Crippen LogP contribution in [0.15, 0.2) is 24.5 Å². The van der Waals surface area contributed by atoms with E-state index in [1.54, 1.807) is 13.1 Å². The third-order valence-electron chi connectivity index (χ3n) is 3.06. The standard InChI is InChI=1S/C15H16ClN5/c1-11-14(16)19-12(2)20-15(11)21(8-4-6-17)10-13-5-3-7-18-9-13/h3,5,7,9H,4,8,10H2,1-2H3. The molecule has 0 aliphatic heterocycles. The first-order valence-electron chi connectivity index (χ1n) is 6.63. The van der Waals surface area contributed by atoms with Gasteiger partial charge < -0.3 is 4.90 Å². The fourth-order valence-corrected chi connectivity index (χ4v) is 2.25. The molecule has 0 aromatic carbocycles. The average molecular weight is 302 g/mol. The summed E-state index contributed by atoms with van der Waals surface area (Å²) in [6, 6.07) is 6.06. The Kier molecular flexibility index (Phi) is 5.07. The van der Waals surface area contributed by atoms with Crippen molar-refractivity contribution in [3.05, 3.63) is 46.6 Å². The van der Waals surface area contributed by atoms with Crippen LogP contribution < -0.4 is 4.90 Å². The zero-order valence-electron chi connectivity index (χ0n) is 12.0. The van der Waals surface area contributed by atoms with Gasteiger partial charge in [0.15, 0.2) is 0 Å². The highest BCUT2D eigenvalue weighted by Crippen LogP contribution is 2.24. The minimum absolute atomic E-state index is 0.417. The highest BCUT2D eigenvalue weighted by Gasteiger charge is 2.15.